The van der Waals surface area contributed by atoms with Gasteiger partial charge in [-0.3, -0.25) is 14.5 Å². The Morgan fingerprint density at radius 1 is 1.39 bits per heavy atom. The van der Waals surface area contributed by atoms with Crippen molar-refractivity contribution in [2.45, 2.75) is 25.8 Å². The van der Waals surface area contributed by atoms with Crippen LogP contribution >= 0.6 is 11.3 Å². The Morgan fingerprint density at radius 2 is 2.21 bits per heavy atom. The Morgan fingerprint density at radius 3 is 3.04 bits per heavy atom. The smallest absolute Gasteiger partial charge is 0.258 e. The maximum atomic E-state index is 12.4. The lowest BCUT2D eigenvalue weighted by molar-refractivity contribution is -0.117. The van der Waals surface area contributed by atoms with Crippen molar-refractivity contribution < 1.29 is 4.79 Å². The van der Waals surface area contributed by atoms with Crippen LogP contribution in [0.25, 0.3) is 10.9 Å². The Bertz CT molecular complexity index is 1160. The van der Waals surface area contributed by atoms with Gasteiger partial charge in [-0.05, 0) is 44.0 Å². The van der Waals surface area contributed by atoms with Crippen molar-refractivity contribution >= 4 is 33.1 Å². The molecular formula is C20H19N5O2S. The molecule has 0 radical (unpaired) electrons. The lowest BCUT2D eigenvalue weighted by atomic mass is 10.1. The summed E-state index contributed by atoms with van der Waals surface area (Å²) in [5, 5.41) is 13.5. The van der Waals surface area contributed by atoms with Crippen LogP contribution < -0.4 is 10.9 Å². The molecule has 7 nitrogen and oxygen atoms in total. The molecule has 0 saturated carbocycles. The highest BCUT2D eigenvalue weighted by atomic mass is 32.1. The van der Waals surface area contributed by atoms with Gasteiger partial charge in [0.1, 0.15) is 16.9 Å². The molecule has 1 aliphatic rings. The molecule has 142 valence electrons. The molecule has 0 unspecified atom stereocenters. The molecule has 0 bridgehead atoms. The van der Waals surface area contributed by atoms with Gasteiger partial charge in [0.05, 0.1) is 29.6 Å². The Hall–Kier alpha value is -3.02. The van der Waals surface area contributed by atoms with E-state index >= 15 is 0 Å². The summed E-state index contributed by atoms with van der Waals surface area (Å²) in [6.07, 6.45) is 2.96. The zero-order chi connectivity index (χ0) is 19.7. The second kappa shape index (κ2) is 7.54. The number of nitrogens with zero attached hydrogens (tertiary/aromatic N) is 3. The van der Waals surface area contributed by atoms with E-state index in [4.69, 9.17) is 0 Å². The third-order valence-corrected chi connectivity index (χ3v) is 5.99. The van der Waals surface area contributed by atoms with Crippen molar-refractivity contribution in [2.24, 2.45) is 0 Å². The molecule has 0 saturated heterocycles. The number of para-hydroxylation sites is 1. The van der Waals surface area contributed by atoms with Gasteiger partial charge >= 0.3 is 0 Å². The summed E-state index contributed by atoms with van der Waals surface area (Å²) < 4.78 is 0. The second-order valence-electron chi connectivity index (χ2n) is 6.92. The third kappa shape index (κ3) is 3.54. The van der Waals surface area contributed by atoms with Crippen LogP contribution in [0, 0.1) is 11.3 Å². The summed E-state index contributed by atoms with van der Waals surface area (Å²) in [5.74, 6) is 0.314. The first-order chi connectivity index (χ1) is 13.5. The molecule has 0 spiro atoms. The number of amides is 1. The van der Waals surface area contributed by atoms with E-state index in [0.717, 1.165) is 24.8 Å². The van der Waals surface area contributed by atoms with Crippen molar-refractivity contribution in [3.05, 3.63) is 56.4 Å². The van der Waals surface area contributed by atoms with Crippen LogP contribution in [0.15, 0.2) is 29.1 Å². The van der Waals surface area contributed by atoms with Crippen LogP contribution in [0.1, 0.15) is 28.2 Å². The van der Waals surface area contributed by atoms with Crippen molar-refractivity contribution in [1.29, 1.82) is 5.26 Å². The minimum Gasteiger partial charge on any atom is -0.315 e. The minimum absolute atomic E-state index is 0.129. The zero-order valence-corrected chi connectivity index (χ0v) is 16.2. The van der Waals surface area contributed by atoms with Crippen LogP contribution in [-0.4, -0.2) is 34.4 Å². The molecule has 2 heterocycles. The number of H-pyrrole nitrogens is 1. The van der Waals surface area contributed by atoms with E-state index in [2.05, 4.69) is 21.4 Å². The molecule has 0 atom stereocenters. The standard InChI is InChI=1S/C20H19N5O2S/c1-25(10-17-22-15-7-3-2-5-13(15)19(27)23-17)11-18(26)24-20-14(9-21)12-6-4-8-16(12)28-20/h2-3,5,7H,4,6,8,10-11H2,1H3,(H,24,26)(H,22,23,27). The number of fused-ring (bicyclic) bond motifs is 2. The highest BCUT2D eigenvalue weighted by molar-refractivity contribution is 7.16. The van der Waals surface area contributed by atoms with Crippen molar-refractivity contribution in [3.63, 3.8) is 0 Å². The molecule has 0 aliphatic heterocycles. The summed E-state index contributed by atoms with van der Waals surface area (Å²) in [6.45, 7) is 0.462. The maximum absolute atomic E-state index is 12.4. The molecule has 1 amide bonds. The normalized spacial score (nSPS) is 12.9. The third-order valence-electron chi connectivity index (χ3n) is 4.78. The molecule has 0 fully saturated rings. The van der Waals surface area contributed by atoms with Crippen molar-refractivity contribution in [2.75, 3.05) is 18.9 Å². The molecule has 28 heavy (non-hydrogen) atoms. The fourth-order valence-corrected chi connectivity index (χ4v) is 4.80. The monoisotopic (exact) mass is 393 g/mol. The summed E-state index contributed by atoms with van der Waals surface area (Å²) >= 11 is 1.50. The van der Waals surface area contributed by atoms with Gasteiger partial charge in [0.2, 0.25) is 5.91 Å². The highest BCUT2D eigenvalue weighted by Crippen LogP contribution is 2.38. The van der Waals surface area contributed by atoms with Gasteiger partial charge in [0, 0.05) is 4.88 Å². The summed E-state index contributed by atoms with van der Waals surface area (Å²) in [7, 11) is 1.79. The van der Waals surface area contributed by atoms with Gasteiger partial charge in [-0.15, -0.1) is 11.3 Å². The number of hydrogen-bond acceptors (Lipinski definition) is 6. The summed E-state index contributed by atoms with van der Waals surface area (Å²) in [5.41, 5.74) is 2.14. The number of benzene rings is 1. The number of likely N-dealkylation sites (N-methyl/N-ethyl adjacent to an activating group) is 1. The number of rotatable bonds is 5. The molecule has 3 aromatic rings. The quantitative estimate of drug-likeness (QED) is 0.693. The van der Waals surface area contributed by atoms with Gasteiger partial charge in [-0.25, -0.2) is 4.98 Å². The van der Waals surface area contributed by atoms with Gasteiger partial charge in [0.15, 0.2) is 0 Å². The molecule has 2 N–H and O–H groups in total. The first-order valence-electron chi connectivity index (χ1n) is 9.06. The van der Waals surface area contributed by atoms with Crippen LogP contribution in [0.5, 0.6) is 0 Å². The number of nitrogens with one attached hydrogen (secondary N) is 2. The number of carbonyl (C=O) groups is 1. The Balaban J connectivity index is 1.43. The van der Waals surface area contributed by atoms with Crippen LogP contribution in [-0.2, 0) is 24.2 Å². The van der Waals surface area contributed by atoms with Crippen LogP contribution in [0.4, 0.5) is 5.00 Å². The fourth-order valence-electron chi connectivity index (χ4n) is 3.54. The minimum atomic E-state index is -0.193. The van der Waals surface area contributed by atoms with E-state index in [9.17, 15) is 14.9 Å². The largest absolute Gasteiger partial charge is 0.315 e. The lowest BCUT2D eigenvalue weighted by Crippen LogP contribution is -2.31. The number of aryl methyl sites for hydroxylation is 1. The van der Waals surface area contributed by atoms with E-state index in [-0.39, 0.29) is 18.0 Å². The van der Waals surface area contributed by atoms with Crippen LogP contribution in [0.3, 0.4) is 0 Å². The fraction of sp³-hybridized carbons (Fsp3) is 0.300. The average Bonchev–Trinajstić information content (AvgIpc) is 3.22. The molecule has 1 aromatic carbocycles. The maximum Gasteiger partial charge on any atom is 0.258 e. The summed E-state index contributed by atoms with van der Waals surface area (Å²) in [4.78, 5) is 34.8. The van der Waals surface area contributed by atoms with Gasteiger partial charge < -0.3 is 10.3 Å². The topological polar surface area (TPSA) is 102 Å². The van der Waals surface area contributed by atoms with Gasteiger partial charge in [-0.2, -0.15) is 5.26 Å². The Labute approximate surface area is 165 Å². The molecule has 2 aromatic heterocycles. The van der Waals surface area contributed by atoms with E-state index in [0.29, 0.717) is 33.8 Å². The predicted octanol–water partition coefficient (Wildman–Crippen LogP) is 2.42. The van der Waals surface area contributed by atoms with E-state index in [1.807, 2.05) is 6.07 Å². The van der Waals surface area contributed by atoms with Crippen molar-refractivity contribution in [3.8, 4) is 6.07 Å². The highest BCUT2D eigenvalue weighted by Gasteiger charge is 2.23. The zero-order valence-electron chi connectivity index (χ0n) is 15.4. The van der Waals surface area contributed by atoms with E-state index in [1.165, 1.54) is 16.2 Å². The number of aromatic amines is 1. The number of nitriles is 1. The van der Waals surface area contributed by atoms with Gasteiger partial charge in [-0.1, -0.05) is 12.1 Å². The second-order valence-corrected chi connectivity index (χ2v) is 8.03. The lowest BCUT2D eigenvalue weighted by Gasteiger charge is -2.15. The number of anilines is 1. The summed E-state index contributed by atoms with van der Waals surface area (Å²) in [6, 6.07) is 9.38. The molecule has 4 rings (SSSR count). The number of thiophene rings is 1. The number of carbonyl (C=O) groups excluding carboxylic acids is 1. The van der Waals surface area contributed by atoms with Crippen molar-refractivity contribution in [1.82, 2.24) is 14.9 Å². The Kier molecular flexibility index (Phi) is 4.94. The first-order valence-corrected chi connectivity index (χ1v) is 9.88. The number of aromatic nitrogens is 2. The molecule has 1 aliphatic carbocycles. The van der Waals surface area contributed by atoms with E-state index in [1.54, 1.807) is 30.1 Å². The van der Waals surface area contributed by atoms with Gasteiger partial charge in [0.25, 0.3) is 5.56 Å². The number of hydrogen-bond donors (Lipinski definition) is 2. The molecule has 8 heteroatoms. The molecular weight excluding hydrogens is 374 g/mol. The first kappa shape index (κ1) is 18.3. The average molecular weight is 393 g/mol. The predicted molar refractivity (Wildman–Crippen MR) is 108 cm³/mol. The van der Waals surface area contributed by atoms with Crippen LogP contribution in [0.2, 0.25) is 0 Å². The SMILES string of the molecule is CN(CC(=O)Nc1sc2c(c1C#N)CCC2)Cc1nc2ccccc2c(=O)[nH]1. The van der Waals surface area contributed by atoms with E-state index < -0.39 is 0 Å².